The second kappa shape index (κ2) is 5.99. The van der Waals surface area contributed by atoms with Crippen LogP contribution < -0.4 is 5.32 Å². The van der Waals surface area contributed by atoms with Crippen molar-refractivity contribution in [2.24, 2.45) is 5.92 Å². The van der Waals surface area contributed by atoms with Crippen LogP contribution in [0.4, 0.5) is 4.39 Å². The third-order valence-electron chi connectivity index (χ3n) is 4.44. The standard InChI is InChI=1S/C16H21FN2O2S/c1-11-5-8-22-13(11)14(20)19-7-2-6-16(17,10-19)15(21)18-9-12-3-4-12/h5,8,12H,2-4,6-7,9-10H2,1H3,(H,18,21). The molecule has 1 saturated heterocycles. The Morgan fingerprint density at radius 2 is 2.27 bits per heavy atom. The molecule has 2 aliphatic rings. The summed E-state index contributed by atoms with van der Waals surface area (Å²) in [6, 6.07) is 1.88. The number of carbonyl (C=O) groups excluding carboxylic acids is 2. The Hall–Kier alpha value is -1.43. The van der Waals surface area contributed by atoms with E-state index in [1.165, 1.54) is 16.2 Å². The Morgan fingerprint density at radius 3 is 2.91 bits per heavy atom. The van der Waals surface area contributed by atoms with E-state index >= 15 is 0 Å². The second-order valence-corrected chi connectivity index (χ2v) is 7.30. The van der Waals surface area contributed by atoms with Crippen LogP contribution in [0.5, 0.6) is 0 Å². The van der Waals surface area contributed by atoms with E-state index in [9.17, 15) is 14.0 Å². The molecule has 1 saturated carbocycles. The van der Waals surface area contributed by atoms with Gasteiger partial charge in [-0.05, 0) is 55.5 Å². The highest BCUT2D eigenvalue weighted by Gasteiger charge is 2.44. The minimum Gasteiger partial charge on any atom is -0.353 e. The molecule has 6 heteroatoms. The number of hydrogen-bond donors (Lipinski definition) is 1. The predicted octanol–water partition coefficient (Wildman–Crippen LogP) is 2.53. The molecule has 4 nitrogen and oxygen atoms in total. The quantitative estimate of drug-likeness (QED) is 0.925. The van der Waals surface area contributed by atoms with Gasteiger partial charge in [-0.1, -0.05) is 0 Å². The molecule has 0 spiro atoms. The van der Waals surface area contributed by atoms with Gasteiger partial charge in [0, 0.05) is 13.1 Å². The Morgan fingerprint density at radius 1 is 1.50 bits per heavy atom. The third kappa shape index (κ3) is 3.16. The predicted molar refractivity (Wildman–Crippen MR) is 83.8 cm³/mol. The second-order valence-electron chi connectivity index (χ2n) is 6.38. The monoisotopic (exact) mass is 324 g/mol. The van der Waals surface area contributed by atoms with Gasteiger partial charge in [-0.3, -0.25) is 9.59 Å². The van der Waals surface area contributed by atoms with Crippen LogP contribution in [0.15, 0.2) is 11.4 Å². The largest absolute Gasteiger partial charge is 0.353 e. The zero-order valence-corrected chi connectivity index (χ0v) is 13.5. The number of rotatable bonds is 4. The first-order chi connectivity index (χ1) is 10.5. The van der Waals surface area contributed by atoms with E-state index < -0.39 is 11.6 Å². The van der Waals surface area contributed by atoms with Gasteiger partial charge in [0.25, 0.3) is 11.8 Å². The van der Waals surface area contributed by atoms with Gasteiger partial charge in [0.15, 0.2) is 0 Å². The van der Waals surface area contributed by atoms with Crippen LogP contribution in [0, 0.1) is 12.8 Å². The van der Waals surface area contributed by atoms with Gasteiger partial charge in [0.2, 0.25) is 5.67 Å². The highest BCUT2D eigenvalue weighted by atomic mass is 32.1. The lowest BCUT2D eigenvalue weighted by Crippen LogP contribution is -2.55. The summed E-state index contributed by atoms with van der Waals surface area (Å²) in [6.07, 6.45) is 2.93. The fourth-order valence-corrected chi connectivity index (χ4v) is 3.71. The van der Waals surface area contributed by atoms with E-state index in [1.807, 2.05) is 18.4 Å². The van der Waals surface area contributed by atoms with Crippen LogP contribution >= 0.6 is 11.3 Å². The molecule has 2 amide bonds. The van der Waals surface area contributed by atoms with E-state index in [0.29, 0.717) is 30.3 Å². The third-order valence-corrected chi connectivity index (χ3v) is 5.45. The average Bonchev–Trinajstić information content (AvgIpc) is 3.24. The van der Waals surface area contributed by atoms with Crippen molar-refractivity contribution in [1.82, 2.24) is 10.2 Å². The summed E-state index contributed by atoms with van der Waals surface area (Å²) in [5.74, 6) is -0.202. The molecule has 1 aliphatic carbocycles. The average molecular weight is 324 g/mol. The number of piperidine rings is 1. The van der Waals surface area contributed by atoms with Crippen molar-refractivity contribution < 1.29 is 14.0 Å². The van der Waals surface area contributed by atoms with E-state index in [1.54, 1.807) is 0 Å². The zero-order chi connectivity index (χ0) is 15.7. The lowest BCUT2D eigenvalue weighted by atomic mass is 9.93. The van der Waals surface area contributed by atoms with Crippen molar-refractivity contribution in [3.05, 3.63) is 21.9 Å². The molecule has 1 aromatic rings. The van der Waals surface area contributed by atoms with Gasteiger partial charge in [-0.25, -0.2) is 4.39 Å². The molecule has 0 radical (unpaired) electrons. The number of likely N-dealkylation sites (tertiary alicyclic amines) is 1. The van der Waals surface area contributed by atoms with Gasteiger partial charge in [0.1, 0.15) is 0 Å². The highest BCUT2D eigenvalue weighted by Crippen LogP contribution is 2.30. The maximum atomic E-state index is 15.0. The number of hydrogen-bond acceptors (Lipinski definition) is 3. The number of amides is 2. The Balaban J connectivity index is 1.66. The number of thiophene rings is 1. The molecule has 22 heavy (non-hydrogen) atoms. The van der Waals surface area contributed by atoms with Gasteiger partial charge >= 0.3 is 0 Å². The number of halogens is 1. The maximum Gasteiger partial charge on any atom is 0.264 e. The molecule has 1 atom stereocenters. The number of alkyl halides is 1. The van der Waals surface area contributed by atoms with Gasteiger partial charge in [-0.15, -0.1) is 11.3 Å². The summed E-state index contributed by atoms with van der Waals surface area (Å²) in [5, 5.41) is 4.57. The lowest BCUT2D eigenvalue weighted by molar-refractivity contribution is -0.135. The topological polar surface area (TPSA) is 49.4 Å². The van der Waals surface area contributed by atoms with Gasteiger partial charge < -0.3 is 10.2 Å². The van der Waals surface area contributed by atoms with Gasteiger partial charge in [0.05, 0.1) is 11.4 Å². The van der Waals surface area contributed by atoms with E-state index in [0.717, 1.165) is 18.4 Å². The number of nitrogens with one attached hydrogen (secondary N) is 1. The SMILES string of the molecule is Cc1ccsc1C(=O)N1CCCC(F)(C(=O)NCC2CC2)C1. The Labute approximate surface area is 133 Å². The Bertz CT molecular complexity index is 584. The van der Waals surface area contributed by atoms with Crippen LogP contribution in [0.25, 0.3) is 0 Å². The normalized spacial score (nSPS) is 25.1. The molecule has 1 aliphatic heterocycles. The summed E-state index contributed by atoms with van der Waals surface area (Å²) < 4.78 is 15.0. The number of carbonyl (C=O) groups is 2. The molecule has 0 aromatic carbocycles. The van der Waals surface area contributed by atoms with Crippen molar-refractivity contribution in [2.75, 3.05) is 19.6 Å². The van der Waals surface area contributed by atoms with Crippen LogP contribution in [0.2, 0.25) is 0 Å². The molecule has 120 valence electrons. The summed E-state index contributed by atoms with van der Waals surface area (Å²) in [7, 11) is 0. The fraction of sp³-hybridized carbons (Fsp3) is 0.625. The molecule has 0 bridgehead atoms. The summed E-state index contributed by atoms with van der Waals surface area (Å²) in [4.78, 5) is 26.8. The minimum atomic E-state index is -1.95. The van der Waals surface area contributed by atoms with Crippen molar-refractivity contribution in [3.63, 3.8) is 0 Å². The van der Waals surface area contributed by atoms with Crippen molar-refractivity contribution in [1.29, 1.82) is 0 Å². The van der Waals surface area contributed by atoms with Crippen LogP contribution in [0.1, 0.15) is 40.9 Å². The van der Waals surface area contributed by atoms with E-state index in [2.05, 4.69) is 5.32 Å². The molecule has 2 heterocycles. The molecule has 1 aromatic heterocycles. The fourth-order valence-electron chi connectivity index (χ4n) is 2.82. The van der Waals surface area contributed by atoms with E-state index in [-0.39, 0.29) is 18.9 Å². The Kier molecular flexibility index (Phi) is 4.21. The highest BCUT2D eigenvalue weighted by molar-refractivity contribution is 7.12. The van der Waals surface area contributed by atoms with E-state index in [4.69, 9.17) is 0 Å². The molecule has 2 fully saturated rings. The first kappa shape index (κ1) is 15.5. The smallest absolute Gasteiger partial charge is 0.264 e. The minimum absolute atomic E-state index is 0.139. The van der Waals surface area contributed by atoms with Crippen molar-refractivity contribution >= 4 is 23.2 Å². The molecule has 3 rings (SSSR count). The maximum absolute atomic E-state index is 15.0. The number of nitrogens with zero attached hydrogens (tertiary/aromatic N) is 1. The first-order valence-corrected chi connectivity index (χ1v) is 8.68. The van der Waals surface area contributed by atoms with Crippen LogP contribution in [-0.4, -0.2) is 42.0 Å². The molecule has 1 N–H and O–H groups in total. The van der Waals surface area contributed by atoms with Crippen LogP contribution in [0.3, 0.4) is 0 Å². The summed E-state index contributed by atoms with van der Waals surface area (Å²) in [5.41, 5.74) is -1.04. The summed E-state index contributed by atoms with van der Waals surface area (Å²) >= 11 is 1.37. The van der Waals surface area contributed by atoms with Crippen molar-refractivity contribution in [3.8, 4) is 0 Å². The van der Waals surface area contributed by atoms with Crippen molar-refractivity contribution in [2.45, 2.75) is 38.3 Å². The summed E-state index contributed by atoms with van der Waals surface area (Å²) in [6.45, 7) is 2.80. The number of aryl methyl sites for hydroxylation is 1. The zero-order valence-electron chi connectivity index (χ0n) is 12.7. The lowest BCUT2D eigenvalue weighted by Gasteiger charge is -2.36. The first-order valence-electron chi connectivity index (χ1n) is 7.80. The van der Waals surface area contributed by atoms with Gasteiger partial charge in [-0.2, -0.15) is 0 Å². The van der Waals surface area contributed by atoms with Crippen LogP contribution in [-0.2, 0) is 4.79 Å². The molecular weight excluding hydrogens is 303 g/mol. The molecule has 1 unspecified atom stereocenters. The molecular formula is C16H21FN2O2S.